The maximum atomic E-state index is 6.11. The van der Waals surface area contributed by atoms with Crippen LogP contribution in [0.15, 0.2) is 42.5 Å². The minimum atomic E-state index is -0.552. The van der Waals surface area contributed by atoms with Gasteiger partial charge >= 0.3 is 7.12 Å². The Kier molecular flexibility index (Phi) is 9.85. The van der Waals surface area contributed by atoms with Crippen molar-refractivity contribution >= 4 is 12.6 Å². The lowest BCUT2D eigenvalue weighted by molar-refractivity contribution is -0.0181. The highest BCUT2D eigenvalue weighted by atomic mass is 16.6. The average Bonchev–Trinajstić information content (AvgIpc) is 3.26. The summed E-state index contributed by atoms with van der Waals surface area (Å²) in [5.41, 5.74) is 2.93. The molecule has 2 heterocycles. The van der Waals surface area contributed by atoms with Crippen LogP contribution < -0.4 is 14.8 Å². The number of fused-ring (bicyclic) bond motifs is 3. The summed E-state index contributed by atoms with van der Waals surface area (Å²) in [5.74, 6) is 1.46. The molecular weight excluding hydrogens is 427 g/mol. The van der Waals surface area contributed by atoms with Gasteiger partial charge in [0.05, 0.1) is 79.3 Å². The van der Waals surface area contributed by atoms with Gasteiger partial charge in [-0.3, -0.25) is 0 Å². The molecule has 2 aliphatic heterocycles. The van der Waals surface area contributed by atoms with Crippen molar-refractivity contribution in [3.05, 3.63) is 53.6 Å². The molecule has 0 fully saturated rings. The third-order valence-corrected chi connectivity index (χ3v) is 5.21. The first kappa shape index (κ1) is 24.0. The van der Waals surface area contributed by atoms with Crippen LogP contribution in [-0.4, -0.2) is 73.2 Å². The Morgan fingerprint density at radius 1 is 0.455 bits per heavy atom. The largest absolute Gasteiger partial charge is 0.633 e. The van der Waals surface area contributed by atoms with Crippen molar-refractivity contribution in [2.45, 2.75) is 13.2 Å². The molecule has 178 valence electrons. The van der Waals surface area contributed by atoms with E-state index in [1.54, 1.807) is 0 Å². The molecule has 0 saturated carbocycles. The molecule has 0 aromatic heterocycles. The van der Waals surface area contributed by atoms with Crippen LogP contribution in [0.2, 0.25) is 0 Å². The van der Waals surface area contributed by atoms with Gasteiger partial charge in [0.25, 0.3) is 0 Å². The summed E-state index contributed by atoms with van der Waals surface area (Å²) >= 11 is 0. The van der Waals surface area contributed by atoms with Gasteiger partial charge in [-0.05, 0) is 23.3 Å². The van der Waals surface area contributed by atoms with E-state index < -0.39 is 7.12 Å². The van der Waals surface area contributed by atoms with Crippen molar-refractivity contribution in [1.82, 2.24) is 0 Å². The van der Waals surface area contributed by atoms with Crippen LogP contribution in [0.4, 0.5) is 0 Å². The standard InChI is InChI=1S/C24H31BO8/c1-2-7-23-22(6-1)32-25(33-23)24-20-4-3-5-21(24)19-31-17-15-29-13-11-27-9-8-26-10-12-28-14-16-30-18-20/h1-7H,8-19H2. The van der Waals surface area contributed by atoms with Gasteiger partial charge in [-0.25, -0.2) is 0 Å². The highest BCUT2D eigenvalue weighted by Crippen LogP contribution is 2.33. The number of para-hydroxylation sites is 2. The fourth-order valence-electron chi connectivity index (χ4n) is 3.60. The highest BCUT2D eigenvalue weighted by molar-refractivity contribution is 6.64. The summed E-state index contributed by atoms with van der Waals surface area (Å²) in [6.45, 7) is 5.97. The van der Waals surface area contributed by atoms with E-state index >= 15 is 0 Å². The lowest BCUT2D eigenvalue weighted by Crippen LogP contribution is -2.44. The maximum Gasteiger partial charge on any atom is 0.633 e. The molecule has 0 unspecified atom stereocenters. The van der Waals surface area contributed by atoms with E-state index in [1.807, 2.05) is 42.5 Å². The van der Waals surface area contributed by atoms with Gasteiger partial charge < -0.3 is 37.7 Å². The minimum Gasteiger partial charge on any atom is -0.519 e. The third kappa shape index (κ3) is 7.43. The Morgan fingerprint density at radius 2 is 0.848 bits per heavy atom. The molecule has 4 rings (SSSR count). The molecule has 0 amide bonds. The molecule has 2 aromatic carbocycles. The number of hydrogen-bond acceptors (Lipinski definition) is 8. The van der Waals surface area contributed by atoms with E-state index in [9.17, 15) is 0 Å². The average molecular weight is 458 g/mol. The number of ether oxygens (including phenoxy) is 6. The van der Waals surface area contributed by atoms with Crippen LogP contribution in [0.1, 0.15) is 11.1 Å². The number of benzene rings is 2. The van der Waals surface area contributed by atoms with E-state index in [0.29, 0.717) is 79.3 Å². The molecule has 33 heavy (non-hydrogen) atoms. The normalized spacial score (nSPS) is 19.6. The van der Waals surface area contributed by atoms with Crippen molar-refractivity contribution in [3.63, 3.8) is 0 Å². The monoisotopic (exact) mass is 458 g/mol. The fraction of sp³-hybridized carbons (Fsp3) is 0.500. The third-order valence-electron chi connectivity index (χ3n) is 5.21. The van der Waals surface area contributed by atoms with Crippen molar-refractivity contribution in [2.24, 2.45) is 0 Å². The smallest absolute Gasteiger partial charge is 0.519 e. The lowest BCUT2D eigenvalue weighted by atomic mass is 9.73. The first-order chi connectivity index (χ1) is 16.4. The summed E-state index contributed by atoms with van der Waals surface area (Å²) in [6.07, 6.45) is 0. The molecule has 0 atom stereocenters. The number of hydrogen-bond donors (Lipinski definition) is 0. The second kappa shape index (κ2) is 13.5. The van der Waals surface area contributed by atoms with Crippen molar-refractivity contribution in [3.8, 4) is 11.5 Å². The van der Waals surface area contributed by atoms with Crippen LogP contribution in [0.3, 0.4) is 0 Å². The zero-order chi connectivity index (χ0) is 22.6. The van der Waals surface area contributed by atoms with Crippen molar-refractivity contribution < 1.29 is 37.7 Å². The van der Waals surface area contributed by atoms with Crippen molar-refractivity contribution in [2.75, 3.05) is 66.1 Å². The van der Waals surface area contributed by atoms with Crippen LogP contribution in [0, 0.1) is 0 Å². The van der Waals surface area contributed by atoms with Gasteiger partial charge in [0.1, 0.15) is 11.5 Å². The second-order valence-electron chi connectivity index (χ2n) is 7.56. The van der Waals surface area contributed by atoms with Gasteiger partial charge in [-0.1, -0.05) is 30.3 Å². The Labute approximate surface area is 195 Å². The first-order valence-corrected chi connectivity index (χ1v) is 11.4. The van der Waals surface area contributed by atoms with Gasteiger partial charge in [-0.15, -0.1) is 0 Å². The topological polar surface area (TPSA) is 73.8 Å². The zero-order valence-electron chi connectivity index (χ0n) is 18.9. The second-order valence-corrected chi connectivity index (χ2v) is 7.56. The van der Waals surface area contributed by atoms with E-state index in [4.69, 9.17) is 37.7 Å². The minimum absolute atomic E-state index is 0.420. The summed E-state index contributed by atoms with van der Waals surface area (Å²) in [7, 11) is -0.552. The van der Waals surface area contributed by atoms with Gasteiger partial charge in [-0.2, -0.15) is 0 Å². The van der Waals surface area contributed by atoms with E-state index in [0.717, 1.165) is 28.1 Å². The summed E-state index contributed by atoms with van der Waals surface area (Å²) in [4.78, 5) is 0. The molecular formula is C24H31BO8. The van der Waals surface area contributed by atoms with Crippen LogP contribution in [0.25, 0.3) is 0 Å². The molecule has 0 spiro atoms. The molecule has 0 N–H and O–H groups in total. The quantitative estimate of drug-likeness (QED) is 0.601. The van der Waals surface area contributed by atoms with Crippen LogP contribution in [0.5, 0.6) is 11.5 Å². The molecule has 0 radical (unpaired) electrons. The number of rotatable bonds is 1. The molecule has 2 bridgehead atoms. The van der Waals surface area contributed by atoms with E-state index in [-0.39, 0.29) is 0 Å². The Hall–Kier alpha value is -2.14. The molecule has 9 heteroatoms. The first-order valence-electron chi connectivity index (χ1n) is 11.4. The predicted octanol–water partition coefficient (Wildman–Crippen LogP) is 1.97. The molecule has 8 nitrogen and oxygen atoms in total. The predicted molar refractivity (Wildman–Crippen MR) is 122 cm³/mol. The fourth-order valence-corrected chi connectivity index (χ4v) is 3.60. The highest BCUT2D eigenvalue weighted by Gasteiger charge is 2.37. The summed E-state index contributed by atoms with van der Waals surface area (Å²) < 4.78 is 46.1. The van der Waals surface area contributed by atoms with E-state index in [1.165, 1.54) is 0 Å². The SMILES string of the molecule is c1cc2c(B3Oc4ccccc4O3)c(c1)COCCOCCOCCOCCOCCOC2. The van der Waals surface area contributed by atoms with Crippen LogP contribution in [-0.2, 0) is 41.6 Å². The Balaban J connectivity index is 1.42. The van der Waals surface area contributed by atoms with E-state index in [2.05, 4.69) is 0 Å². The van der Waals surface area contributed by atoms with Gasteiger partial charge in [0, 0.05) is 5.46 Å². The summed E-state index contributed by atoms with van der Waals surface area (Å²) in [6, 6.07) is 13.7. The summed E-state index contributed by atoms with van der Waals surface area (Å²) in [5, 5.41) is 0. The lowest BCUT2D eigenvalue weighted by Gasteiger charge is -2.17. The van der Waals surface area contributed by atoms with Crippen molar-refractivity contribution in [1.29, 1.82) is 0 Å². The molecule has 0 aliphatic carbocycles. The maximum absolute atomic E-state index is 6.11. The Bertz CT molecular complexity index is 786. The Morgan fingerprint density at radius 3 is 1.27 bits per heavy atom. The molecule has 2 aliphatic rings. The zero-order valence-corrected chi connectivity index (χ0v) is 18.9. The van der Waals surface area contributed by atoms with Gasteiger partial charge in [0.15, 0.2) is 0 Å². The van der Waals surface area contributed by atoms with Crippen LogP contribution >= 0.6 is 0 Å². The molecule has 2 aromatic rings. The molecule has 0 saturated heterocycles. The van der Waals surface area contributed by atoms with Gasteiger partial charge in [0.2, 0.25) is 0 Å².